The number of halogens is 1. The van der Waals surface area contributed by atoms with E-state index >= 15 is 0 Å². The third-order valence-corrected chi connectivity index (χ3v) is 6.17. The molecule has 1 fully saturated rings. The van der Waals surface area contributed by atoms with E-state index in [2.05, 4.69) is 15.4 Å². The molecule has 0 unspecified atom stereocenters. The number of hydrogen-bond donors (Lipinski definition) is 3. The van der Waals surface area contributed by atoms with E-state index in [9.17, 15) is 13.2 Å². The summed E-state index contributed by atoms with van der Waals surface area (Å²) in [5.74, 6) is -0.198. The molecule has 2 aromatic rings. The van der Waals surface area contributed by atoms with Crippen LogP contribution in [0.15, 0.2) is 47.4 Å². The van der Waals surface area contributed by atoms with Gasteiger partial charge in [-0.25, -0.2) is 8.42 Å². The zero-order chi connectivity index (χ0) is 19.4. The summed E-state index contributed by atoms with van der Waals surface area (Å²) in [6, 6.07) is 12.0. The van der Waals surface area contributed by atoms with Crippen molar-refractivity contribution in [3.63, 3.8) is 0 Å². The molecule has 1 heterocycles. The lowest BCUT2D eigenvalue weighted by molar-refractivity contribution is 0.0930. The van der Waals surface area contributed by atoms with Crippen molar-refractivity contribution in [2.24, 2.45) is 0 Å². The maximum atomic E-state index is 12.8. The predicted octanol–water partition coefficient (Wildman–Crippen LogP) is 3.01. The van der Waals surface area contributed by atoms with Crippen LogP contribution in [0.3, 0.4) is 0 Å². The number of aryl methyl sites for hydroxylation is 2. The van der Waals surface area contributed by atoms with E-state index in [4.69, 9.17) is 0 Å². The summed E-state index contributed by atoms with van der Waals surface area (Å²) < 4.78 is 28.1. The van der Waals surface area contributed by atoms with Crippen LogP contribution in [0.2, 0.25) is 0 Å². The summed E-state index contributed by atoms with van der Waals surface area (Å²) in [6.45, 7) is 5.34. The number of amides is 1. The van der Waals surface area contributed by atoms with Crippen LogP contribution in [0.1, 0.15) is 34.3 Å². The quantitative estimate of drug-likeness (QED) is 0.689. The molecule has 28 heavy (non-hydrogen) atoms. The van der Waals surface area contributed by atoms with Crippen molar-refractivity contribution in [2.45, 2.75) is 37.6 Å². The van der Waals surface area contributed by atoms with E-state index in [1.807, 2.05) is 13.0 Å². The average molecular weight is 424 g/mol. The number of benzene rings is 2. The zero-order valence-corrected chi connectivity index (χ0v) is 17.6. The largest absolute Gasteiger partial charge is 0.348 e. The lowest BCUT2D eigenvalue weighted by atomic mass is 10.1. The van der Waals surface area contributed by atoms with Crippen molar-refractivity contribution in [1.82, 2.24) is 10.6 Å². The number of rotatable bonds is 5. The summed E-state index contributed by atoms with van der Waals surface area (Å²) in [5.41, 5.74) is 2.34. The zero-order valence-electron chi connectivity index (χ0n) is 16.0. The fraction of sp³-hybridized carbons (Fsp3) is 0.350. The van der Waals surface area contributed by atoms with Gasteiger partial charge in [-0.3, -0.25) is 9.52 Å². The fourth-order valence-corrected chi connectivity index (χ4v) is 4.55. The molecule has 0 saturated carbocycles. The fourth-order valence-electron chi connectivity index (χ4n) is 3.17. The highest BCUT2D eigenvalue weighted by Gasteiger charge is 2.19. The standard InChI is InChI=1S/C20H25N3O3S.ClH/c1-14-8-9-15(2)19(11-14)27(25,26)23-17-6-3-5-16(12-17)20(24)22-18-7-4-10-21-13-18;/h3,5-6,8-9,11-12,18,21,23H,4,7,10,13H2,1-2H3,(H,22,24);1H/t18-;/m0./s1. The monoisotopic (exact) mass is 423 g/mol. The van der Waals surface area contributed by atoms with E-state index < -0.39 is 10.0 Å². The number of piperidine rings is 1. The number of nitrogens with one attached hydrogen (secondary N) is 3. The third kappa shape index (κ3) is 5.47. The molecule has 0 aromatic heterocycles. The number of sulfonamides is 1. The Balaban J connectivity index is 0.00000280. The lowest BCUT2D eigenvalue weighted by Crippen LogP contribution is -2.45. The number of carbonyl (C=O) groups is 1. The van der Waals surface area contributed by atoms with Gasteiger partial charge in [-0.15, -0.1) is 12.4 Å². The number of hydrogen-bond acceptors (Lipinski definition) is 4. The first-order valence-corrected chi connectivity index (χ1v) is 10.6. The summed E-state index contributed by atoms with van der Waals surface area (Å²) in [5, 5.41) is 6.25. The van der Waals surface area contributed by atoms with Crippen LogP contribution in [0, 0.1) is 13.8 Å². The van der Waals surface area contributed by atoms with Crippen LogP contribution in [0.25, 0.3) is 0 Å². The van der Waals surface area contributed by atoms with Gasteiger partial charge < -0.3 is 10.6 Å². The molecule has 3 rings (SSSR count). The Bertz CT molecular complexity index is 941. The first-order valence-electron chi connectivity index (χ1n) is 9.07. The number of carbonyl (C=O) groups excluding carboxylic acids is 1. The van der Waals surface area contributed by atoms with Crippen molar-refractivity contribution in [3.05, 3.63) is 59.2 Å². The SMILES string of the molecule is Cc1ccc(C)c(S(=O)(=O)Nc2cccc(C(=O)N[C@H]3CCCNC3)c2)c1.Cl. The third-order valence-electron chi connectivity index (χ3n) is 4.64. The molecule has 0 spiro atoms. The Morgan fingerprint density at radius 3 is 2.64 bits per heavy atom. The molecule has 1 saturated heterocycles. The van der Waals surface area contributed by atoms with E-state index in [1.54, 1.807) is 43.3 Å². The van der Waals surface area contributed by atoms with Gasteiger partial charge in [0.2, 0.25) is 0 Å². The molecule has 2 aromatic carbocycles. The van der Waals surface area contributed by atoms with Crippen molar-refractivity contribution in [1.29, 1.82) is 0 Å². The molecule has 6 nitrogen and oxygen atoms in total. The molecule has 1 amide bonds. The van der Waals surface area contributed by atoms with Crippen molar-refractivity contribution in [2.75, 3.05) is 17.8 Å². The number of anilines is 1. The highest BCUT2D eigenvalue weighted by molar-refractivity contribution is 7.92. The predicted molar refractivity (Wildman–Crippen MR) is 114 cm³/mol. The Kier molecular flexibility index (Phi) is 7.46. The first-order chi connectivity index (χ1) is 12.8. The van der Waals surface area contributed by atoms with Gasteiger partial charge in [0.15, 0.2) is 0 Å². The van der Waals surface area contributed by atoms with Crippen LogP contribution >= 0.6 is 12.4 Å². The van der Waals surface area contributed by atoms with Gasteiger partial charge in [-0.1, -0.05) is 18.2 Å². The van der Waals surface area contributed by atoms with Crippen LogP contribution in [0.5, 0.6) is 0 Å². The summed E-state index contributed by atoms with van der Waals surface area (Å²) in [4.78, 5) is 12.7. The molecule has 1 atom stereocenters. The molecule has 0 radical (unpaired) electrons. The maximum absolute atomic E-state index is 12.8. The summed E-state index contributed by atoms with van der Waals surface area (Å²) in [7, 11) is -3.73. The second kappa shape index (κ2) is 9.41. The van der Waals surface area contributed by atoms with Crippen LogP contribution in [0.4, 0.5) is 5.69 Å². The highest BCUT2D eigenvalue weighted by Crippen LogP contribution is 2.21. The molecule has 0 bridgehead atoms. The Labute approximate surface area is 172 Å². The smallest absolute Gasteiger partial charge is 0.262 e. The summed E-state index contributed by atoms with van der Waals surface area (Å²) >= 11 is 0. The molecule has 8 heteroatoms. The summed E-state index contributed by atoms with van der Waals surface area (Å²) in [6.07, 6.45) is 1.97. The van der Waals surface area contributed by atoms with Gasteiger partial charge in [0.25, 0.3) is 15.9 Å². The van der Waals surface area contributed by atoms with Crippen LogP contribution < -0.4 is 15.4 Å². The minimum absolute atomic E-state index is 0. The minimum Gasteiger partial charge on any atom is -0.348 e. The van der Waals surface area contributed by atoms with Crippen molar-refractivity contribution < 1.29 is 13.2 Å². The van der Waals surface area contributed by atoms with Gasteiger partial charge in [-0.05, 0) is 68.6 Å². The van der Waals surface area contributed by atoms with Crippen molar-refractivity contribution >= 4 is 34.0 Å². The Hall–Kier alpha value is -2.09. The van der Waals surface area contributed by atoms with Gasteiger partial charge in [-0.2, -0.15) is 0 Å². The van der Waals surface area contributed by atoms with E-state index in [0.717, 1.165) is 31.5 Å². The lowest BCUT2D eigenvalue weighted by Gasteiger charge is -2.23. The molecular formula is C20H26ClN3O3S. The molecule has 3 N–H and O–H groups in total. The van der Waals surface area contributed by atoms with Crippen molar-refractivity contribution in [3.8, 4) is 0 Å². The van der Waals surface area contributed by atoms with E-state index in [-0.39, 0.29) is 29.3 Å². The van der Waals surface area contributed by atoms with E-state index in [1.165, 1.54) is 0 Å². The topological polar surface area (TPSA) is 87.3 Å². The van der Waals surface area contributed by atoms with Gasteiger partial charge in [0.05, 0.1) is 4.90 Å². The van der Waals surface area contributed by atoms with Crippen LogP contribution in [-0.2, 0) is 10.0 Å². The molecule has 1 aliphatic rings. The molecule has 0 aliphatic carbocycles. The second-order valence-electron chi connectivity index (χ2n) is 6.97. The molecule has 152 valence electrons. The first kappa shape index (κ1) is 22.2. The van der Waals surface area contributed by atoms with Gasteiger partial charge >= 0.3 is 0 Å². The van der Waals surface area contributed by atoms with E-state index in [0.29, 0.717) is 16.8 Å². The Morgan fingerprint density at radius 2 is 1.93 bits per heavy atom. The van der Waals surface area contributed by atoms with Crippen LogP contribution in [-0.4, -0.2) is 33.5 Å². The maximum Gasteiger partial charge on any atom is 0.262 e. The minimum atomic E-state index is -3.73. The molecular weight excluding hydrogens is 398 g/mol. The highest BCUT2D eigenvalue weighted by atomic mass is 35.5. The normalized spacial score (nSPS) is 16.7. The second-order valence-corrected chi connectivity index (χ2v) is 8.62. The average Bonchev–Trinajstić information content (AvgIpc) is 2.64. The van der Waals surface area contributed by atoms with Gasteiger partial charge in [0.1, 0.15) is 0 Å². The van der Waals surface area contributed by atoms with Gasteiger partial charge in [0, 0.05) is 23.8 Å². The Morgan fingerprint density at radius 1 is 1.14 bits per heavy atom. The molecule has 1 aliphatic heterocycles.